The molecule has 0 radical (unpaired) electrons. The van der Waals surface area contributed by atoms with Crippen LogP contribution in [0.2, 0.25) is 0 Å². The summed E-state index contributed by atoms with van der Waals surface area (Å²) in [6, 6.07) is 7.77. The Kier molecular flexibility index (Phi) is 2.19. The third kappa shape index (κ3) is 1.70. The van der Waals surface area contributed by atoms with Crippen LogP contribution in [0.4, 0.5) is 0 Å². The summed E-state index contributed by atoms with van der Waals surface area (Å²) in [6.07, 6.45) is 0. The van der Waals surface area contributed by atoms with Crippen molar-refractivity contribution in [2.75, 3.05) is 0 Å². The van der Waals surface area contributed by atoms with Crippen LogP contribution in [0.1, 0.15) is 11.6 Å². The van der Waals surface area contributed by atoms with Gasteiger partial charge in [0, 0.05) is 24.7 Å². The van der Waals surface area contributed by atoms with E-state index >= 15 is 0 Å². The van der Waals surface area contributed by atoms with E-state index in [0.717, 1.165) is 28.1 Å². The van der Waals surface area contributed by atoms with E-state index in [1.54, 1.807) is 0 Å². The molecule has 0 saturated heterocycles. The smallest absolute Gasteiger partial charge is 0.192 e. The fraction of sp³-hybridized carbons (Fsp3) is 0.167. The Bertz CT molecular complexity index is 668. The van der Waals surface area contributed by atoms with Crippen molar-refractivity contribution in [2.24, 2.45) is 5.73 Å². The lowest BCUT2D eigenvalue weighted by atomic mass is 10.1. The van der Waals surface area contributed by atoms with Gasteiger partial charge in [-0.1, -0.05) is 6.07 Å². The second kappa shape index (κ2) is 3.71. The molecule has 0 saturated carbocycles. The van der Waals surface area contributed by atoms with E-state index in [1.165, 1.54) is 0 Å². The molecule has 0 fully saturated rings. The summed E-state index contributed by atoms with van der Waals surface area (Å²) in [5, 5.41) is 7.09. The maximum Gasteiger partial charge on any atom is 0.192 e. The average molecular weight is 228 g/mol. The number of rotatable bonds is 2. The lowest BCUT2D eigenvalue weighted by molar-refractivity contribution is 0.561. The van der Waals surface area contributed by atoms with Gasteiger partial charge in [0.1, 0.15) is 5.52 Å². The van der Waals surface area contributed by atoms with E-state index < -0.39 is 0 Å². The summed E-state index contributed by atoms with van der Waals surface area (Å²) in [5.41, 5.74) is 9.94. The van der Waals surface area contributed by atoms with Crippen molar-refractivity contribution in [2.45, 2.75) is 13.5 Å². The highest BCUT2D eigenvalue weighted by molar-refractivity contribution is 5.79. The van der Waals surface area contributed by atoms with E-state index in [-0.39, 0.29) is 0 Å². The summed E-state index contributed by atoms with van der Waals surface area (Å²) in [4.78, 5) is 4.25. The number of hydrogen-bond donors (Lipinski definition) is 2. The van der Waals surface area contributed by atoms with E-state index in [4.69, 9.17) is 10.2 Å². The van der Waals surface area contributed by atoms with Crippen molar-refractivity contribution in [3.8, 4) is 11.3 Å². The van der Waals surface area contributed by atoms with Crippen LogP contribution in [0, 0.1) is 6.92 Å². The molecule has 3 aromatic rings. The Morgan fingerprint density at radius 3 is 3.00 bits per heavy atom. The van der Waals surface area contributed by atoms with Crippen LogP contribution in [0.25, 0.3) is 22.4 Å². The number of nitrogens with one attached hydrogen (secondary N) is 1. The third-order valence-electron chi connectivity index (χ3n) is 2.64. The fourth-order valence-electron chi connectivity index (χ4n) is 1.81. The summed E-state index contributed by atoms with van der Waals surface area (Å²) < 4.78 is 5.49. The largest absolute Gasteiger partial charge is 0.441 e. The molecule has 0 aliphatic carbocycles. The van der Waals surface area contributed by atoms with Crippen molar-refractivity contribution < 1.29 is 4.42 Å². The number of nitrogens with two attached hydrogens (primary N) is 1. The predicted octanol–water partition coefficient (Wildman–Crippen LogP) is 1.99. The van der Waals surface area contributed by atoms with Gasteiger partial charge in [-0.15, -0.1) is 0 Å². The molecule has 1 aromatic carbocycles. The van der Waals surface area contributed by atoms with Gasteiger partial charge in [0.05, 0.1) is 5.69 Å². The highest BCUT2D eigenvalue weighted by Gasteiger charge is 2.07. The molecule has 0 aliphatic heterocycles. The molecule has 2 aromatic heterocycles. The van der Waals surface area contributed by atoms with Crippen molar-refractivity contribution in [1.82, 2.24) is 15.2 Å². The highest BCUT2D eigenvalue weighted by atomic mass is 16.3. The molecule has 5 heteroatoms. The Labute approximate surface area is 97.7 Å². The average Bonchev–Trinajstić information content (AvgIpc) is 2.92. The molecule has 86 valence electrons. The van der Waals surface area contributed by atoms with Crippen molar-refractivity contribution in [3.63, 3.8) is 0 Å². The van der Waals surface area contributed by atoms with Gasteiger partial charge in [0.15, 0.2) is 11.5 Å². The fourth-order valence-corrected chi connectivity index (χ4v) is 1.81. The predicted molar refractivity (Wildman–Crippen MR) is 64.2 cm³/mol. The zero-order chi connectivity index (χ0) is 11.8. The molecule has 0 aliphatic rings. The summed E-state index contributed by atoms with van der Waals surface area (Å²) in [5.74, 6) is 0.668. The molecule has 17 heavy (non-hydrogen) atoms. The van der Waals surface area contributed by atoms with E-state index in [2.05, 4.69) is 15.2 Å². The van der Waals surface area contributed by atoms with Gasteiger partial charge in [-0.2, -0.15) is 5.10 Å². The molecule has 3 N–H and O–H groups in total. The van der Waals surface area contributed by atoms with Crippen LogP contribution >= 0.6 is 0 Å². The number of aryl methyl sites for hydroxylation is 1. The molecule has 0 spiro atoms. The lowest BCUT2D eigenvalue weighted by Gasteiger charge is -1.94. The normalized spacial score (nSPS) is 11.2. The number of fused-ring (bicyclic) bond motifs is 1. The van der Waals surface area contributed by atoms with Gasteiger partial charge in [-0.3, -0.25) is 5.10 Å². The molecule has 0 atom stereocenters. The number of aromatic nitrogens is 3. The Morgan fingerprint density at radius 2 is 2.24 bits per heavy atom. The SMILES string of the molecule is Cc1nc2ccc(-c3cc(CN)[nH]n3)cc2o1. The molecular weight excluding hydrogens is 216 g/mol. The van der Waals surface area contributed by atoms with Crippen LogP contribution in [0.5, 0.6) is 0 Å². The monoisotopic (exact) mass is 228 g/mol. The van der Waals surface area contributed by atoms with Crippen LogP contribution in [-0.2, 0) is 6.54 Å². The van der Waals surface area contributed by atoms with Crippen LogP contribution in [-0.4, -0.2) is 15.2 Å². The molecular formula is C12H12N4O. The first-order chi connectivity index (χ1) is 8.26. The minimum Gasteiger partial charge on any atom is -0.441 e. The first kappa shape index (κ1) is 10.0. The van der Waals surface area contributed by atoms with Crippen LogP contribution < -0.4 is 5.73 Å². The topological polar surface area (TPSA) is 80.7 Å². The van der Waals surface area contributed by atoms with Gasteiger partial charge in [-0.05, 0) is 18.2 Å². The first-order valence-corrected chi connectivity index (χ1v) is 5.38. The number of benzene rings is 1. The Hall–Kier alpha value is -2.14. The second-order valence-electron chi connectivity index (χ2n) is 3.90. The molecule has 5 nitrogen and oxygen atoms in total. The van der Waals surface area contributed by atoms with E-state index in [1.807, 2.05) is 31.2 Å². The maximum atomic E-state index is 5.54. The minimum atomic E-state index is 0.455. The van der Waals surface area contributed by atoms with Crippen molar-refractivity contribution in [1.29, 1.82) is 0 Å². The zero-order valence-corrected chi connectivity index (χ0v) is 9.40. The standard InChI is InChI=1S/C12H12N4O/c1-7-14-10-3-2-8(4-12(10)17-7)11-5-9(6-13)15-16-11/h2-5H,6,13H2,1H3,(H,15,16). The van der Waals surface area contributed by atoms with Gasteiger partial charge >= 0.3 is 0 Å². The molecule has 0 amide bonds. The molecule has 2 heterocycles. The van der Waals surface area contributed by atoms with Crippen LogP contribution in [0.3, 0.4) is 0 Å². The van der Waals surface area contributed by atoms with E-state index in [0.29, 0.717) is 12.4 Å². The lowest BCUT2D eigenvalue weighted by Crippen LogP contribution is -1.95. The summed E-state index contributed by atoms with van der Waals surface area (Å²) in [7, 11) is 0. The third-order valence-corrected chi connectivity index (χ3v) is 2.64. The highest BCUT2D eigenvalue weighted by Crippen LogP contribution is 2.23. The zero-order valence-electron chi connectivity index (χ0n) is 9.40. The Morgan fingerprint density at radius 1 is 1.35 bits per heavy atom. The van der Waals surface area contributed by atoms with Crippen LogP contribution in [0.15, 0.2) is 28.7 Å². The molecule has 0 unspecified atom stereocenters. The summed E-state index contributed by atoms with van der Waals surface area (Å²) >= 11 is 0. The number of nitrogens with zero attached hydrogens (tertiary/aromatic N) is 2. The second-order valence-corrected chi connectivity index (χ2v) is 3.90. The molecule has 0 bridgehead atoms. The Balaban J connectivity index is 2.10. The maximum absolute atomic E-state index is 5.54. The number of aromatic amines is 1. The van der Waals surface area contributed by atoms with Gasteiger partial charge in [-0.25, -0.2) is 4.98 Å². The number of H-pyrrole nitrogens is 1. The summed E-state index contributed by atoms with van der Waals surface area (Å²) in [6.45, 7) is 2.29. The minimum absolute atomic E-state index is 0.455. The van der Waals surface area contributed by atoms with E-state index in [9.17, 15) is 0 Å². The van der Waals surface area contributed by atoms with Gasteiger partial charge in [0.25, 0.3) is 0 Å². The molecule has 3 rings (SSSR count). The van der Waals surface area contributed by atoms with Crippen molar-refractivity contribution >= 4 is 11.1 Å². The van der Waals surface area contributed by atoms with Gasteiger partial charge < -0.3 is 10.2 Å². The van der Waals surface area contributed by atoms with Gasteiger partial charge in [0.2, 0.25) is 0 Å². The number of hydrogen-bond acceptors (Lipinski definition) is 4. The van der Waals surface area contributed by atoms with Crippen molar-refractivity contribution in [3.05, 3.63) is 35.9 Å². The number of oxazole rings is 1. The first-order valence-electron chi connectivity index (χ1n) is 5.38. The quantitative estimate of drug-likeness (QED) is 0.702.